The number of aromatic hydroxyl groups is 3. The van der Waals surface area contributed by atoms with Gasteiger partial charge in [0.1, 0.15) is 17.2 Å². The van der Waals surface area contributed by atoms with E-state index in [1.54, 1.807) is 12.1 Å². The molecule has 2 aromatic carbocycles. The van der Waals surface area contributed by atoms with Crippen LogP contribution in [-0.4, -0.2) is 21.2 Å². The van der Waals surface area contributed by atoms with E-state index >= 15 is 0 Å². The van der Waals surface area contributed by atoms with Crippen LogP contribution < -0.4 is 5.32 Å². The summed E-state index contributed by atoms with van der Waals surface area (Å²) in [5, 5.41) is 30.8. The molecule has 0 atom stereocenters. The van der Waals surface area contributed by atoms with E-state index < -0.39 is 5.91 Å². The van der Waals surface area contributed by atoms with Crippen LogP contribution in [0, 0.1) is 0 Å². The third-order valence-electron chi connectivity index (χ3n) is 2.66. The molecular formula is C14H13NO4. The van der Waals surface area contributed by atoms with Crippen molar-refractivity contribution in [1.82, 2.24) is 5.32 Å². The zero-order valence-corrected chi connectivity index (χ0v) is 10.00. The van der Waals surface area contributed by atoms with E-state index in [-0.39, 0.29) is 29.4 Å². The number of para-hydroxylation sites is 1. The second-order valence-corrected chi connectivity index (χ2v) is 4.01. The Kier molecular flexibility index (Phi) is 3.56. The molecule has 0 radical (unpaired) electrons. The minimum atomic E-state index is -0.439. The summed E-state index contributed by atoms with van der Waals surface area (Å²) in [7, 11) is 0. The van der Waals surface area contributed by atoms with E-state index in [9.17, 15) is 15.0 Å². The lowest BCUT2D eigenvalue weighted by Gasteiger charge is -2.08. The molecule has 0 aromatic heterocycles. The first-order valence-corrected chi connectivity index (χ1v) is 5.65. The summed E-state index contributed by atoms with van der Waals surface area (Å²) in [6.07, 6.45) is 0. The van der Waals surface area contributed by atoms with Gasteiger partial charge >= 0.3 is 0 Å². The number of phenolic OH excluding ortho intramolecular Hbond substituents is 3. The van der Waals surface area contributed by atoms with Gasteiger partial charge in [0.15, 0.2) is 0 Å². The predicted octanol–water partition coefficient (Wildman–Crippen LogP) is 1.73. The Labute approximate surface area is 109 Å². The summed E-state index contributed by atoms with van der Waals surface area (Å²) in [4.78, 5) is 11.8. The van der Waals surface area contributed by atoms with Crippen LogP contribution in [0.3, 0.4) is 0 Å². The molecule has 0 unspecified atom stereocenters. The molecule has 0 saturated carbocycles. The lowest BCUT2D eigenvalue weighted by molar-refractivity contribution is 0.0948. The number of hydrogen-bond acceptors (Lipinski definition) is 4. The van der Waals surface area contributed by atoms with Crippen molar-refractivity contribution in [2.45, 2.75) is 6.54 Å². The van der Waals surface area contributed by atoms with Crippen LogP contribution in [0.4, 0.5) is 0 Å². The van der Waals surface area contributed by atoms with Crippen LogP contribution in [0.15, 0.2) is 42.5 Å². The second-order valence-electron chi connectivity index (χ2n) is 4.01. The average molecular weight is 259 g/mol. The Bertz CT molecular complexity index is 610. The molecule has 0 spiro atoms. The van der Waals surface area contributed by atoms with Crippen molar-refractivity contribution in [3.8, 4) is 17.2 Å². The van der Waals surface area contributed by atoms with Gasteiger partial charge in [-0.2, -0.15) is 0 Å². The molecular weight excluding hydrogens is 246 g/mol. The maximum absolute atomic E-state index is 11.8. The topological polar surface area (TPSA) is 89.8 Å². The van der Waals surface area contributed by atoms with E-state index in [2.05, 4.69) is 5.32 Å². The fourth-order valence-corrected chi connectivity index (χ4v) is 1.64. The highest BCUT2D eigenvalue weighted by atomic mass is 16.3. The monoisotopic (exact) mass is 259 g/mol. The second kappa shape index (κ2) is 5.30. The zero-order valence-electron chi connectivity index (χ0n) is 10.00. The third kappa shape index (κ3) is 2.95. The van der Waals surface area contributed by atoms with Gasteiger partial charge in [-0.25, -0.2) is 0 Å². The maximum Gasteiger partial charge on any atom is 0.255 e. The highest BCUT2D eigenvalue weighted by Gasteiger charge is 2.10. The van der Waals surface area contributed by atoms with Crippen LogP contribution in [0.25, 0.3) is 0 Å². The highest BCUT2D eigenvalue weighted by Crippen LogP contribution is 2.22. The average Bonchev–Trinajstić information content (AvgIpc) is 2.38. The van der Waals surface area contributed by atoms with Crippen molar-refractivity contribution in [3.63, 3.8) is 0 Å². The number of benzene rings is 2. The summed E-state index contributed by atoms with van der Waals surface area (Å²) in [5.74, 6) is -0.689. The third-order valence-corrected chi connectivity index (χ3v) is 2.66. The van der Waals surface area contributed by atoms with Gasteiger partial charge in [-0.15, -0.1) is 0 Å². The Morgan fingerprint density at radius 3 is 2.42 bits per heavy atom. The molecule has 19 heavy (non-hydrogen) atoms. The van der Waals surface area contributed by atoms with E-state index in [4.69, 9.17) is 5.11 Å². The molecule has 98 valence electrons. The number of rotatable bonds is 3. The number of carbonyl (C=O) groups is 1. The highest BCUT2D eigenvalue weighted by molar-refractivity contribution is 5.96. The lowest BCUT2D eigenvalue weighted by atomic mass is 10.1. The van der Waals surface area contributed by atoms with Gasteiger partial charge in [-0.1, -0.05) is 12.1 Å². The fourth-order valence-electron chi connectivity index (χ4n) is 1.64. The minimum Gasteiger partial charge on any atom is -0.508 e. The Hall–Kier alpha value is -2.69. The number of nitrogens with one attached hydrogen (secondary N) is 1. The van der Waals surface area contributed by atoms with E-state index in [1.165, 1.54) is 30.3 Å². The fraction of sp³-hybridized carbons (Fsp3) is 0.0714. The SMILES string of the molecule is O=C(NCc1ccc(O)cc1O)c1ccccc1O. The Morgan fingerprint density at radius 2 is 1.74 bits per heavy atom. The maximum atomic E-state index is 11.8. The van der Waals surface area contributed by atoms with Crippen LogP contribution in [-0.2, 0) is 6.54 Å². The molecule has 0 aliphatic rings. The molecule has 0 heterocycles. The van der Waals surface area contributed by atoms with Gasteiger partial charge < -0.3 is 20.6 Å². The van der Waals surface area contributed by atoms with E-state index in [1.807, 2.05) is 0 Å². The summed E-state index contributed by atoms with van der Waals surface area (Å²) in [6, 6.07) is 10.3. The quantitative estimate of drug-likeness (QED) is 0.675. The summed E-state index contributed by atoms with van der Waals surface area (Å²) in [6.45, 7) is 0.0965. The minimum absolute atomic E-state index is 0.0479. The van der Waals surface area contributed by atoms with Crippen LogP contribution >= 0.6 is 0 Å². The van der Waals surface area contributed by atoms with Crippen LogP contribution in [0.5, 0.6) is 17.2 Å². The largest absolute Gasteiger partial charge is 0.508 e. The molecule has 5 nitrogen and oxygen atoms in total. The zero-order chi connectivity index (χ0) is 13.8. The van der Waals surface area contributed by atoms with Crippen molar-refractivity contribution >= 4 is 5.91 Å². The summed E-state index contributed by atoms with van der Waals surface area (Å²) in [5.41, 5.74) is 0.641. The van der Waals surface area contributed by atoms with Gasteiger partial charge in [-0.05, 0) is 24.3 Å². The summed E-state index contributed by atoms with van der Waals surface area (Å²) < 4.78 is 0. The normalized spacial score (nSPS) is 10.1. The molecule has 0 saturated heterocycles. The Morgan fingerprint density at radius 1 is 1.00 bits per heavy atom. The van der Waals surface area contributed by atoms with Gasteiger partial charge in [0.25, 0.3) is 5.91 Å². The molecule has 0 aliphatic carbocycles. The van der Waals surface area contributed by atoms with E-state index in [0.29, 0.717) is 5.56 Å². The molecule has 0 bridgehead atoms. The first kappa shape index (κ1) is 12.8. The number of hydrogen-bond donors (Lipinski definition) is 4. The molecule has 0 aliphatic heterocycles. The van der Waals surface area contributed by atoms with Crippen molar-refractivity contribution in [2.75, 3.05) is 0 Å². The molecule has 2 aromatic rings. The van der Waals surface area contributed by atoms with Crippen molar-refractivity contribution in [1.29, 1.82) is 0 Å². The Balaban J connectivity index is 2.07. The lowest BCUT2D eigenvalue weighted by Crippen LogP contribution is -2.22. The van der Waals surface area contributed by atoms with Crippen LogP contribution in [0.1, 0.15) is 15.9 Å². The van der Waals surface area contributed by atoms with Crippen molar-refractivity contribution in [3.05, 3.63) is 53.6 Å². The molecule has 1 amide bonds. The first-order valence-electron chi connectivity index (χ1n) is 5.65. The number of amides is 1. The molecule has 0 fully saturated rings. The van der Waals surface area contributed by atoms with Crippen molar-refractivity contribution in [2.24, 2.45) is 0 Å². The van der Waals surface area contributed by atoms with Crippen molar-refractivity contribution < 1.29 is 20.1 Å². The van der Waals surface area contributed by atoms with Gasteiger partial charge in [0, 0.05) is 18.2 Å². The van der Waals surface area contributed by atoms with Crippen LogP contribution in [0.2, 0.25) is 0 Å². The predicted molar refractivity (Wildman–Crippen MR) is 69.0 cm³/mol. The number of phenols is 3. The molecule has 2 rings (SSSR count). The standard InChI is InChI=1S/C14H13NO4/c16-10-6-5-9(13(18)7-10)8-15-14(19)11-3-1-2-4-12(11)17/h1-7,16-18H,8H2,(H,15,19). The number of carbonyl (C=O) groups excluding carboxylic acids is 1. The smallest absolute Gasteiger partial charge is 0.255 e. The molecule has 4 N–H and O–H groups in total. The van der Waals surface area contributed by atoms with Gasteiger partial charge in [-0.3, -0.25) is 4.79 Å². The molecule has 5 heteroatoms. The summed E-state index contributed by atoms with van der Waals surface area (Å²) >= 11 is 0. The van der Waals surface area contributed by atoms with Gasteiger partial charge in [0.2, 0.25) is 0 Å². The van der Waals surface area contributed by atoms with Gasteiger partial charge in [0.05, 0.1) is 5.56 Å². The van der Waals surface area contributed by atoms with E-state index in [0.717, 1.165) is 0 Å². The first-order chi connectivity index (χ1) is 9.08.